The Morgan fingerprint density at radius 3 is 3.12 bits per heavy atom. The molecule has 0 aliphatic carbocycles. The lowest BCUT2D eigenvalue weighted by Gasteiger charge is -2.31. The Morgan fingerprint density at radius 1 is 1.59 bits per heavy atom. The predicted octanol–water partition coefficient (Wildman–Crippen LogP) is 1.34. The summed E-state index contributed by atoms with van der Waals surface area (Å²) in [4.78, 5) is 21.4. The van der Waals surface area contributed by atoms with E-state index in [4.69, 9.17) is 5.11 Å². The topological polar surface area (TPSA) is 66.3 Å². The molecule has 1 aliphatic heterocycles. The summed E-state index contributed by atoms with van der Waals surface area (Å²) >= 11 is 0. The first-order valence-electron chi connectivity index (χ1n) is 5.99. The summed E-state index contributed by atoms with van der Waals surface area (Å²) in [5.41, 5.74) is 0.993. The van der Waals surface area contributed by atoms with Gasteiger partial charge in [0, 0.05) is 24.8 Å². The summed E-state index contributed by atoms with van der Waals surface area (Å²) in [7, 11) is 0. The third kappa shape index (κ3) is 2.72. The van der Waals surface area contributed by atoms with Crippen molar-refractivity contribution < 1.29 is 9.90 Å². The molecule has 0 amide bonds. The highest BCUT2D eigenvalue weighted by molar-refractivity contribution is 5.71. The molecule has 0 unspecified atom stereocenters. The number of rotatable bonds is 3. The van der Waals surface area contributed by atoms with E-state index in [1.165, 1.54) is 0 Å². The van der Waals surface area contributed by atoms with Crippen LogP contribution < -0.4 is 4.90 Å². The summed E-state index contributed by atoms with van der Waals surface area (Å²) < 4.78 is 0. The SMILES string of the molecule is CCc1cc(N2CCC[C@H](C(=O)O)C2)ncn1. The van der Waals surface area contributed by atoms with Crippen molar-refractivity contribution in [2.24, 2.45) is 5.92 Å². The van der Waals surface area contributed by atoms with Gasteiger partial charge in [0.05, 0.1) is 5.92 Å². The van der Waals surface area contributed by atoms with E-state index in [0.29, 0.717) is 6.54 Å². The molecule has 2 heterocycles. The van der Waals surface area contributed by atoms with E-state index in [9.17, 15) is 4.79 Å². The second-order valence-electron chi connectivity index (χ2n) is 4.34. The molecule has 1 atom stereocenters. The molecule has 1 aromatic rings. The zero-order chi connectivity index (χ0) is 12.3. The molecule has 1 saturated heterocycles. The van der Waals surface area contributed by atoms with Crippen LogP contribution in [0.2, 0.25) is 0 Å². The van der Waals surface area contributed by atoms with Crippen LogP contribution in [0.1, 0.15) is 25.5 Å². The van der Waals surface area contributed by atoms with E-state index in [1.807, 2.05) is 17.9 Å². The largest absolute Gasteiger partial charge is 0.481 e. The van der Waals surface area contributed by atoms with Gasteiger partial charge in [-0.25, -0.2) is 9.97 Å². The summed E-state index contributed by atoms with van der Waals surface area (Å²) in [6.07, 6.45) is 4.09. The van der Waals surface area contributed by atoms with Gasteiger partial charge in [0.2, 0.25) is 0 Å². The van der Waals surface area contributed by atoms with Gasteiger partial charge in [0.15, 0.2) is 0 Å². The molecule has 1 aliphatic rings. The number of aromatic nitrogens is 2. The molecule has 1 fully saturated rings. The van der Waals surface area contributed by atoms with Crippen molar-refractivity contribution in [1.29, 1.82) is 0 Å². The number of aryl methyl sites for hydroxylation is 1. The fourth-order valence-corrected chi connectivity index (χ4v) is 2.14. The maximum absolute atomic E-state index is 11.0. The van der Waals surface area contributed by atoms with E-state index < -0.39 is 5.97 Å². The van der Waals surface area contributed by atoms with Gasteiger partial charge in [-0.1, -0.05) is 6.92 Å². The highest BCUT2D eigenvalue weighted by Crippen LogP contribution is 2.21. The first-order chi connectivity index (χ1) is 8.20. The van der Waals surface area contributed by atoms with Crippen LogP contribution >= 0.6 is 0 Å². The Kier molecular flexibility index (Phi) is 3.56. The monoisotopic (exact) mass is 235 g/mol. The maximum Gasteiger partial charge on any atom is 0.308 e. The summed E-state index contributed by atoms with van der Waals surface area (Å²) in [5.74, 6) is -0.133. The third-order valence-electron chi connectivity index (χ3n) is 3.17. The van der Waals surface area contributed by atoms with Gasteiger partial charge in [0.1, 0.15) is 12.1 Å². The second kappa shape index (κ2) is 5.12. The van der Waals surface area contributed by atoms with E-state index in [-0.39, 0.29) is 5.92 Å². The van der Waals surface area contributed by atoms with Crippen LogP contribution in [0.3, 0.4) is 0 Å². The lowest BCUT2D eigenvalue weighted by atomic mass is 9.98. The van der Waals surface area contributed by atoms with Crippen LogP contribution in [0.15, 0.2) is 12.4 Å². The van der Waals surface area contributed by atoms with Crippen molar-refractivity contribution in [2.45, 2.75) is 26.2 Å². The van der Waals surface area contributed by atoms with Gasteiger partial charge in [-0.3, -0.25) is 4.79 Å². The molecule has 0 spiro atoms. The Labute approximate surface area is 100 Å². The van der Waals surface area contributed by atoms with Crippen LogP contribution in [0, 0.1) is 5.92 Å². The summed E-state index contributed by atoms with van der Waals surface area (Å²) in [6, 6.07) is 1.95. The van der Waals surface area contributed by atoms with Gasteiger partial charge in [-0.15, -0.1) is 0 Å². The third-order valence-corrected chi connectivity index (χ3v) is 3.17. The highest BCUT2D eigenvalue weighted by Gasteiger charge is 2.26. The molecule has 1 N–H and O–H groups in total. The molecule has 0 bridgehead atoms. The molecule has 0 aromatic carbocycles. The molecule has 92 valence electrons. The molecule has 0 saturated carbocycles. The smallest absolute Gasteiger partial charge is 0.308 e. The Bertz CT molecular complexity index is 408. The zero-order valence-electron chi connectivity index (χ0n) is 9.96. The van der Waals surface area contributed by atoms with E-state index in [2.05, 4.69) is 9.97 Å². The average molecular weight is 235 g/mol. The average Bonchev–Trinajstić information content (AvgIpc) is 2.39. The van der Waals surface area contributed by atoms with Crippen molar-refractivity contribution in [3.8, 4) is 0 Å². The lowest BCUT2D eigenvalue weighted by molar-refractivity contribution is -0.141. The summed E-state index contributed by atoms with van der Waals surface area (Å²) in [5, 5.41) is 9.04. The lowest BCUT2D eigenvalue weighted by Crippen LogP contribution is -2.39. The van der Waals surface area contributed by atoms with E-state index >= 15 is 0 Å². The van der Waals surface area contributed by atoms with E-state index in [1.54, 1.807) is 6.33 Å². The van der Waals surface area contributed by atoms with Crippen molar-refractivity contribution in [3.05, 3.63) is 18.1 Å². The second-order valence-corrected chi connectivity index (χ2v) is 4.34. The number of aliphatic carboxylic acids is 1. The van der Waals surface area contributed by atoms with Gasteiger partial charge >= 0.3 is 5.97 Å². The number of piperidine rings is 1. The maximum atomic E-state index is 11.0. The number of hydrogen-bond donors (Lipinski definition) is 1. The minimum Gasteiger partial charge on any atom is -0.481 e. The van der Waals surface area contributed by atoms with Gasteiger partial charge < -0.3 is 10.0 Å². The number of anilines is 1. The van der Waals surface area contributed by atoms with Crippen molar-refractivity contribution >= 4 is 11.8 Å². The first-order valence-corrected chi connectivity index (χ1v) is 5.99. The molecular weight excluding hydrogens is 218 g/mol. The minimum atomic E-state index is -0.709. The van der Waals surface area contributed by atoms with Crippen molar-refractivity contribution in [3.63, 3.8) is 0 Å². The Balaban J connectivity index is 2.13. The first kappa shape index (κ1) is 11.8. The molecule has 2 rings (SSSR count). The number of hydrogen-bond acceptors (Lipinski definition) is 4. The van der Waals surface area contributed by atoms with Crippen LogP contribution in [-0.4, -0.2) is 34.1 Å². The van der Waals surface area contributed by atoms with Crippen molar-refractivity contribution in [2.75, 3.05) is 18.0 Å². The standard InChI is InChI=1S/C12H17N3O2/c1-2-10-6-11(14-8-13-10)15-5-3-4-9(7-15)12(16)17/h6,8-9H,2-5,7H2,1H3,(H,16,17)/t9-/m0/s1. The number of carbonyl (C=O) groups is 1. The highest BCUT2D eigenvalue weighted by atomic mass is 16.4. The van der Waals surface area contributed by atoms with Crippen LogP contribution in [0.4, 0.5) is 5.82 Å². The minimum absolute atomic E-state index is 0.274. The molecule has 0 radical (unpaired) electrons. The normalized spacial score (nSPS) is 20.3. The molecular formula is C12H17N3O2. The fourth-order valence-electron chi connectivity index (χ4n) is 2.14. The molecule has 1 aromatic heterocycles. The van der Waals surface area contributed by atoms with Gasteiger partial charge in [-0.2, -0.15) is 0 Å². The van der Waals surface area contributed by atoms with Crippen LogP contribution in [0.25, 0.3) is 0 Å². The summed E-state index contributed by atoms with van der Waals surface area (Å²) in [6.45, 7) is 3.47. The van der Waals surface area contributed by atoms with Crippen LogP contribution in [-0.2, 0) is 11.2 Å². The quantitative estimate of drug-likeness (QED) is 0.856. The predicted molar refractivity (Wildman–Crippen MR) is 64.0 cm³/mol. The van der Waals surface area contributed by atoms with E-state index in [0.717, 1.165) is 37.3 Å². The van der Waals surface area contributed by atoms with Crippen LogP contribution in [0.5, 0.6) is 0 Å². The Morgan fingerprint density at radius 2 is 2.41 bits per heavy atom. The Hall–Kier alpha value is -1.65. The molecule has 5 nitrogen and oxygen atoms in total. The molecule has 5 heteroatoms. The number of carboxylic acid groups (broad SMARTS) is 1. The zero-order valence-corrected chi connectivity index (χ0v) is 9.96. The number of carboxylic acids is 1. The van der Waals surface area contributed by atoms with Crippen molar-refractivity contribution in [1.82, 2.24) is 9.97 Å². The van der Waals surface area contributed by atoms with Gasteiger partial charge in [0.25, 0.3) is 0 Å². The number of nitrogens with zero attached hydrogens (tertiary/aromatic N) is 3. The van der Waals surface area contributed by atoms with Gasteiger partial charge in [-0.05, 0) is 19.3 Å². The molecule has 17 heavy (non-hydrogen) atoms. The fraction of sp³-hybridized carbons (Fsp3) is 0.583.